The van der Waals surface area contributed by atoms with Crippen LogP contribution in [0.1, 0.15) is 16.7 Å². The molecular formula is C17H15Cl2NO3. The molecule has 0 aromatic heterocycles. The minimum Gasteiger partial charge on any atom is -0.467 e. The van der Waals surface area contributed by atoms with Crippen molar-refractivity contribution in [3.8, 4) is 5.75 Å². The van der Waals surface area contributed by atoms with Gasteiger partial charge < -0.3 is 14.8 Å². The summed E-state index contributed by atoms with van der Waals surface area (Å²) in [6.07, 6.45) is 0.296. The number of halogens is 2. The molecule has 0 spiro atoms. The van der Waals surface area contributed by atoms with E-state index in [-0.39, 0.29) is 12.7 Å². The molecular weight excluding hydrogens is 337 g/mol. The number of carbonyl (C=O) groups is 1. The van der Waals surface area contributed by atoms with Crippen molar-refractivity contribution < 1.29 is 14.3 Å². The quantitative estimate of drug-likeness (QED) is 0.912. The van der Waals surface area contributed by atoms with Crippen LogP contribution in [-0.2, 0) is 29.1 Å². The van der Waals surface area contributed by atoms with E-state index in [4.69, 9.17) is 32.7 Å². The van der Waals surface area contributed by atoms with Crippen molar-refractivity contribution in [2.45, 2.75) is 19.6 Å². The van der Waals surface area contributed by atoms with Crippen LogP contribution < -0.4 is 10.1 Å². The van der Waals surface area contributed by atoms with Gasteiger partial charge in [0, 0.05) is 27.7 Å². The predicted molar refractivity (Wildman–Crippen MR) is 88.7 cm³/mol. The average molecular weight is 352 g/mol. The van der Waals surface area contributed by atoms with Gasteiger partial charge in [0.05, 0.1) is 13.0 Å². The maximum Gasteiger partial charge on any atom is 0.224 e. The number of benzene rings is 2. The normalized spacial score (nSPS) is 13.1. The lowest BCUT2D eigenvalue weighted by Crippen LogP contribution is -2.25. The van der Waals surface area contributed by atoms with Crippen molar-refractivity contribution in [2.75, 3.05) is 6.79 Å². The molecule has 0 aliphatic carbocycles. The van der Waals surface area contributed by atoms with Gasteiger partial charge in [-0.05, 0) is 29.8 Å². The molecule has 2 aromatic rings. The number of rotatable bonds is 4. The second kappa shape index (κ2) is 7.21. The summed E-state index contributed by atoms with van der Waals surface area (Å²) < 4.78 is 10.8. The van der Waals surface area contributed by atoms with E-state index in [1.165, 1.54) is 0 Å². The molecule has 120 valence electrons. The third-order valence-electron chi connectivity index (χ3n) is 3.51. The molecule has 0 atom stereocenters. The zero-order valence-electron chi connectivity index (χ0n) is 12.3. The van der Waals surface area contributed by atoms with Crippen molar-refractivity contribution in [2.24, 2.45) is 0 Å². The van der Waals surface area contributed by atoms with E-state index in [0.29, 0.717) is 29.6 Å². The number of hydrogen-bond acceptors (Lipinski definition) is 3. The fourth-order valence-corrected chi connectivity index (χ4v) is 2.82. The summed E-state index contributed by atoms with van der Waals surface area (Å²) in [4.78, 5) is 12.1. The number of carbonyl (C=O) groups excluding carboxylic acids is 1. The van der Waals surface area contributed by atoms with E-state index in [0.717, 1.165) is 22.4 Å². The fourth-order valence-electron chi connectivity index (χ4n) is 2.43. The third-order valence-corrected chi connectivity index (χ3v) is 3.98. The van der Waals surface area contributed by atoms with Crippen molar-refractivity contribution in [1.82, 2.24) is 5.32 Å². The van der Waals surface area contributed by atoms with Crippen molar-refractivity contribution >= 4 is 29.1 Å². The molecule has 1 N–H and O–H groups in total. The zero-order valence-corrected chi connectivity index (χ0v) is 13.8. The van der Waals surface area contributed by atoms with Gasteiger partial charge in [0.15, 0.2) is 6.79 Å². The van der Waals surface area contributed by atoms with E-state index < -0.39 is 0 Å². The first-order chi connectivity index (χ1) is 11.1. The molecule has 6 heteroatoms. The first-order valence-electron chi connectivity index (χ1n) is 7.15. The summed E-state index contributed by atoms with van der Waals surface area (Å²) in [6, 6.07) is 10.8. The monoisotopic (exact) mass is 351 g/mol. The molecule has 2 aromatic carbocycles. The summed E-state index contributed by atoms with van der Waals surface area (Å²) in [6.45, 7) is 1.03. The van der Waals surface area contributed by atoms with Crippen LogP contribution >= 0.6 is 23.2 Å². The number of nitrogens with one attached hydrogen (secondary N) is 1. The van der Waals surface area contributed by atoms with Crippen molar-refractivity contribution in [1.29, 1.82) is 0 Å². The second-order valence-electron chi connectivity index (χ2n) is 5.24. The Bertz CT molecular complexity index is 717. The lowest BCUT2D eigenvalue weighted by Gasteiger charge is -2.21. The number of ether oxygens (including phenoxy) is 2. The van der Waals surface area contributed by atoms with Gasteiger partial charge in [-0.2, -0.15) is 0 Å². The van der Waals surface area contributed by atoms with Crippen LogP contribution in [0, 0.1) is 0 Å². The average Bonchev–Trinajstić information content (AvgIpc) is 2.54. The molecule has 23 heavy (non-hydrogen) atoms. The van der Waals surface area contributed by atoms with Gasteiger partial charge in [-0.3, -0.25) is 4.79 Å². The molecule has 0 unspecified atom stereocenters. The molecule has 0 saturated heterocycles. The molecule has 0 radical (unpaired) electrons. The third kappa shape index (κ3) is 4.16. The van der Waals surface area contributed by atoms with E-state index in [1.807, 2.05) is 18.2 Å². The van der Waals surface area contributed by atoms with E-state index in [2.05, 4.69) is 5.32 Å². The van der Waals surface area contributed by atoms with Gasteiger partial charge in [0.1, 0.15) is 5.75 Å². The molecule has 0 fully saturated rings. The highest BCUT2D eigenvalue weighted by molar-refractivity contribution is 6.31. The van der Waals surface area contributed by atoms with Crippen LogP contribution in [0.3, 0.4) is 0 Å². The Labute approximate surface area is 144 Å². The minimum atomic E-state index is -0.0758. The molecule has 1 amide bonds. The van der Waals surface area contributed by atoms with Gasteiger partial charge in [0.25, 0.3) is 0 Å². The van der Waals surface area contributed by atoms with Crippen molar-refractivity contribution in [3.63, 3.8) is 0 Å². The zero-order chi connectivity index (χ0) is 16.2. The van der Waals surface area contributed by atoms with Crippen molar-refractivity contribution in [3.05, 3.63) is 63.1 Å². The first kappa shape index (κ1) is 16.1. The maximum absolute atomic E-state index is 12.1. The van der Waals surface area contributed by atoms with Gasteiger partial charge in [-0.25, -0.2) is 0 Å². The van der Waals surface area contributed by atoms with Gasteiger partial charge in [-0.15, -0.1) is 0 Å². The largest absolute Gasteiger partial charge is 0.467 e. The Morgan fingerprint density at radius 3 is 2.70 bits per heavy atom. The van der Waals surface area contributed by atoms with Crippen LogP contribution in [0.15, 0.2) is 36.4 Å². The van der Waals surface area contributed by atoms with E-state index >= 15 is 0 Å². The lowest BCUT2D eigenvalue weighted by atomic mass is 10.1. The van der Waals surface area contributed by atoms with Crippen LogP contribution in [-0.4, -0.2) is 12.7 Å². The Kier molecular flexibility index (Phi) is 5.06. The number of amides is 1. The van der Waals surface area contributed by atoms with Crippen LogP contribution in [0.5, 0.6) is 5.75 Å². The Morgan fingerprint density at radius 2 is 1.91 bits per heavy atom. The van der Waals surface area contributed by atoms with Gasteiger partial charge in [-0.1, -0.05) is 35.3 Å². The van der Waals surface area contributed by atoms with E-state index in [1.54, 1.807) is 18.2 Å². The Morgan fingerprint density at radius 1 is 1.13 bits per heavy atom. The highest BCUT2D eigenvalue weighted by Gasteiger charge is 2.16. The number of hydrogen-bond donors (Lipinski definition) is 1. The SMILES string of the molecule is O=C(Cc1ccc(Cl)cc1)NCc1cc(Cl)cc2c1OCOC2. The smallest absolute Gasteiger partial charge is 0.224 e. The molecule has 3 rings (SSSR count). The first-order valence-corrected chi connectivity index (χ1v) is 7.90. The molecule has 0 saturated carbocycles. The lowest BCUT2D eigenvalue weighted by molar-refractivity contribution is -0.120. The summed E-state index contributed by atoms with van der Waals surface area (Å²) in [5, 5.41) is 4.14. The highest BCUT2D eigenvalue weighted by Crippen LogP contribution is 2.31. The highest BCUT2D eigenvalue weighted by atomic mass is 35.5. The molecule has 1 aliphatic heterocycles. The second-order valence-corrected chi connectivity index (χ2v) is 6.12. The topological polar surface area (TPSA) is 47.6 Å². The summed E-state index contributed by atoms with van der Waals surface area (Å²) in [5.41, 5.74) is 2.65. The molecule has 1 heterocycles. The summed E-state index contributed by atoms with van der Waals surface area (Å²) in [7, 11) is 0. The van der Waals surface area contributed by atoms with E-state index in [9.17, 15) is 4.79 Å². The Balaban J connectivity index is 1.65. The standard InChI is InChI=1S/C17H15Cl2NO3/c18-14-3-1-11(2-4-14)5-16(21)20-8-12-6-15(19)7-13-9-22-10-23-17(12)13/h1-4,6-7H,5,8-10H2,(H,20,21). The van der Waals surface area contributed by atoms with Crippen LogP contribution in [0.25, 0.3) is 0 Å². The summed E-state index contributed by atoms with van der Waals surface area (Å²) >= 11 is 11.9. The predicted octanol–water partition coefficient (Wildman–Crippen LogP) is 3.72. The summed E-state index contributed by atoms with van der Waals surface area (Å²) in [5.74, 6) is 0.667. The maximum atomic E-state index is 12.1. The fraction of sp³-hybridized carbons (Fsp3) is 0.235. The van der Waals surface area contributed by atoms with Gasteiger partial charge >= 0.3 is 0 Å². The minimum absolute atomic E-state index is 0.0758. The number of fused-ring (bicyclic) bond motifs is 1. The van der Waals surface area contributed by atoms with Crippen LogP contribution in [0.2, 0.25) is 10.0 Å². The molecule has 4 nitrogen and oxygen atoms in total. The Hall–Kier alpha value is -1.75. The van der Waals surface area contributed by atoms with Gasteiger partial charge in [0.2, 0.25) is 5.91 Å². The van der Waals surface area contributed by atoms with Crippen LogP contribution in [0.4, 0.5) is 0 Å². The molecule has 1 aliphatic rings. The molecule has 0 bridgehead atoms.